The van der Waals surface area contributed by atoms with Gasteiger partial charge in [0.15, 0.2) is 0 Å². The van der Waals surface area contributed by atoms with E-state index >= 15 is 0 Å². The molecule has 0 fully saturated rings. The highest BCUT2D eigenvalue weighted by Gasteiger charge is 2.18. The Labute approximate surface area is 93.8 Å². The van der Waals surface area contributed by atoms with Crippen molar-refractivity contribution >= 4 is 7.60 Å². The van der Waals surface area contributed by atoms with Crippen molar-refractivity contribution in [1.29, 1.82) is 0 Å². The summed E-state index contributed by atoms with van der Waals surface area (Å²) >= 11 is 0. The highest BCUT2D eigenvalue weighted by Crippen LogP contribution is 2.38. The Kier molecular flexibility index (Phi) is 6.74. The largest absolute Gasteiger partial charge is 0.325 e. The monoisotopic (exact) mass is 236 g/mol. The zero-order valence-electron chi connectivity index (χ0n) is 10.6. The Morgan fingerprint density at radius 2 is 1.73 bits per heavy atom. The van der Waals surface area contributed by atoms with Crippen LogP contribution in [0.2, 0.25) is 0 Å². The highest BCUT2D eigenvalue weighted by atomic mass is 31.2. The van der Waals surface area contributed by atoms with Crippen LogP contribution in [0.1, 0.15) is 40.5 Å². The smallest absolute Gasteiger partial charge is 0.324 e. The summed E-state index contributed by atoms with van der Waals surface area (Å²) in [6, 6.07) is 0. The average molecular weight is 236 g/mol. The fourth-order valence-corrected chi connectivity index (χ4v) is 1.86. The molecule has 0 rings (SSSR count). The average Bonchev–Trinajstić information content (AvgIpc) is 2.00. The van der Waals surface area contributed by atoms with Gasteiger partial charge in [0.25, 0.3) is 0 Å². The molecular weight excluding hydrogens is 211 g/mol. The lowest BCUT2D eigenvalue weighted by molar-refractivity contribution is 0.176. The molecule has 0 aromatic carbocycles. The molecule has 0 saturated carbocycles. The molecule has 3 nitrogen and oxygen atoms in total. The molecule has 15 heavy (non-hydrogen) atoms. The second-order valence-electron chi connectivity index (χ2n) is 5.07. The first-order chi connectivity index (χ1) is 6.72. The Morgan fingerprint density at radius 3 is 2.07 bits per heavy atom. The Bertz CT molecular complexity index is 208. The fourth-order valence-electron chi connectivity index (χ4n) is 1.39. The topological polar surface area (TPSA) is 46.5 Å². The van der Waals surface area contributed by atoms with E-state index in [-0.39, 0.29) is 0 Å². The van der Waals surface area contributed by atoms with E-state index in [0.717, 1.165) is 12.8 Å². The second-order valence-corrected chi connectivity index (χ2v) is 6.94. The Balaban J connectivity index is 4.00. The summed E-state index contributed by atoms with van der Waals surface area (Å²) in [5.41, 5.74) is 0. The molecule has 0 spiro atoms. The van der Waals surface area contributed by atoms with Crippen LogP contribution >= 0.6 is 7.60 Å². The summed E-state index contributed by atoms with van der Waals surface area (Å²) in [7, 11) is -3.31. The lowest BCUT2D eigenvalue weighted by Gasteiger charge is -2.22. The van der Waals surface area contributed by atoms with Crippen LogP contribution in [0.25, 0.3) is 0 Å². The summed E-state index contributed by atoms with van der Waals surface area (Å²) in [5.74, 6) is 1.55. The van der Waals surface area contributed by atoms with Crippen molar-refractivity contribution in [3.63, 3.8) is 0 Å². The van der Waals surface area contributed by atoms with E-state index in [0.29, 0.717) is 24.4 Å². The Hall–Kier alpha value is 0.150. The Morgan fingerprint density at radius 1 is 1.20 bits per heavy atom. The minimum atomic E-state index is -3.31. The third-order valence-electron chi connectivity index (χ3n) is 2.59. The molecule has 0 radical (unpaired) electrons. The summed E-state index contributed by atoms with van der Waals surface area (Å²) in [6.07, 6.45) is 2.21. The third-order valence-corrected chi connectivity index (χ3v) is 3.21. The molecule has 0 aliphatic rings. The van der Waals surface area contributed by atoms with E-state index < -0.39 is 7.60 Å². The maximum absolute atomic E-state index is 11.0. The van der Waals surface area contributed by atoms with Gasteiger partial charge in [0.2, 0.25) is 0 Å². The van der Waals surface area contributed by atoms with Gasteiger partial charge in [-0.2, -0.15) is 0 Å². The molecule has 92 valence electrons. The van der Waals surface area contributed by atoms with E-state index in [1.54, 1.807) is 0 Å². The van der Waals surface area contributed by atoms with E-state index in [1.807, 2.05) is 0 Å². The van der Waals surface area contributed by atoms with Crippen LogP contribution < -0.4 is 0 Å². The molecule has 0 aliphatic carbocycles. The zero-order valence-corrected chi connectivity index (χ0v) is 11.5. The molecule has 2 unspecified atom stereocenters. The van der Waals surface area contributed by atoms with Crippen molar-refractivity contribution < 1.29 is 14.0 Å². The summed E-state index contributed by atoms with van der Waals surface area (Å²) < 4.78 is 16.0. The van der Waals surface area contributed by atoms with Crippen molar-refractivity contribution in [2.24, 2.45) is 17.8 Å². The van der Waals surface area contributed by atoms with Gasteiger partial charge in [-0.05, 0) is 24.2 Å². The third kappa shape index (κ3) is 9.10. The zero-order chi connectivity index (χ0) is 12.1. The van der Waals surface area contributed by atoms with Crippen LogP contribution in [0.15, 0.2) is 0 Å². The molecule has 2 atom stereocenters. The van der Waals surface area contributed by atoms with Gasteiger partial charge in [0, 0.05) is 6.66 Å². The van der Waals surface area contributed by atoms with Gasteiger partial charge in [-0.25, -0.2) is 0 Å². The van der Waals surface area contributed by atoms with Gasteiger partial charge in [-0.1, -0.05) is 34.1 Å². The molecular formula is C11H25O3P. The van der Waals surface area contributed by atoms with Gasteiger partial charge in [-0.15, -0.1) is 0 Å². The number of rotatable bonds is 7. The summed E-state index contributed by atoms with van der Waals surface area (Å²) in [5, 5.41) is 0. The van der Waals surface area contributed by atoms with Crippen molar-refractivity contribution in [2.45, 2.75) is 40.5 Å². The SMILES string of the molecule is CC(C)CCC(COP(C)(=O)O)C(C)C. The van der Waals surface area contributed by atoms with E-state index in [9.17, 15) is 4.57 Å². The predicted octanol–water partition coefficient (Wildman–Crippen LogP) is 3.53. The normalized spacial score (nSPS) is 18.1. The van der Waals surface area contributed by atoms with Crippen LogP contribution in [-0.4, -0.2) is 18.2 Å². The van der Waals surface area contributed by atoms with Gasteiger partial charge in [0.1, 0.15) is 0 Å². The van der Waals surface area contributed by atoms with Gasteiger partial charge in [0.05, 0.1) is 6.61 Å². The van der Waals surface area contributed by atoms with Gasteiger partial charge < -0.3 is 9.42 Å². The van der Waals surface area contributed by atoms with Crippen molar-refractivity contribution in [2.75, 3.05) is 13.3 Å². The van der Waals surface area contributed by atoms with Crippen LogP contribution in [-0.2, 0) is 9.09 Å². The van der Waals surface area contributed by atoms with Crippen molar-refractivity contribution in [3.05, 3.63) is 0 Å². The highest BCUT2D eigenvalue weighted by molar-refractivity contribution is 7.51. The van der Waals surface area contributed by atoms with Crippen LogP contribution in [0.3, 0.4) is 0 Å². The molecule has 4 heteroatoms. The van der Waals surface area contributed by atoms with Crippen molar-refractivity contribution in [3.8, 4) is 0 Å². The van der Waals surface area contributed by atoms with E-state index in [1.165, 1.54) is 6.66 Å². The van der Waals surface area contributed by atoms with E-state index in [4.69, 9.17) is 9.42 Å². The molecule has 0 heterocycles. The first kappa shape index (κ1) is 15.2. The maximum Gasteiger partial charge on any atom is 0.325 e. The van der Waals surface area contributed by atoms with Gasteiger partial charge in [-0.3, -0.25) is 4.57 Å². The summed E-state index contributed by atoms with van der Waals surface area (Å²) in [4.78, 5) is 9.06. The number of hydrogen-bond acceptors (Lipinski definition) is 2. The predicted molar refractivity (Wildman–Crippen MR) is 64.1 cm³/mol. The molecule has 1 N–H and O–H groups in total. The lowest BCUT2D eigenvalue weighted by atomic mass is 9.89. The standard InChI is InChI=1S/C11H25O3P/c1-9(2)6-7-11(10(3)4)8-14-15(5,12)13/h9-11H,6-8H2,1-5H3,(H,12,13). The first-order valence-electron chi connectivity index (χ1n) is 5.67. The first-order valence-corrected chi connectivity index (χ1v) is 7.69. The molecule has 0 bridgehead atoms. The molecule has 0 aliphatic heterocycles. The molecule has 0 amide bonds. The van der Waals surface area contributed by atoms with Crippen LogP contribution in [0.4, 0.5) is 0 Å². The van der Waals surface area contributed by atoms with Crippen LogP contribution in [0.5, 0.6) is 0 Å². The van der Waals surface area contributed by atoms with Gasteiger partial charge >= 0.3 is 7.60 Å². The van der Waals surface area contributed by atoms with Crippen LogP contribution in [0, 0.1) is 17.8 Å². The molecule has 0 aromatic heterocycles. The lowest BCUT2D eigenvalue weighted by Crippen LogP contribution is -2.16. The maximum atomic E-state index is 11.0. The quantitative estimate of drug-likeness (QED) is 0.688. The molecule has 0 aromatic rings. The number of hydrogen-bond donors (Lipinski definition) is 1. The summed E-state index contributed by atoms with van der Waals surface area (Å²) in [6.45, 7) is 10.3. The minimum absolute atomic E-state index is 0.382. The van der Waals surface area contributed by atoms with E-state index in [2.05, 4.69) is 27.7 Å². The fraction of sp³-hybridized carbons (Fsp3) is 1.00. The van der Waals surface area contributed by atoms with Crippen molar-refractivity contribution in [1.82, 2.24) is 0 Å². The second kappa shape index (κ2) is 6.67. The molecule has 0 saturated heterocycles. The minimum Gasteiger partial charge on any atom is -0.324 e.